The summed E-state index contributed by atoms with van der Waals surface area (Å²) in [5.41, 5.74) is 0.945. The predicted octanol–water partition coefficient (Wildman–Crippen LogP) is 2.27. The van der Waals surface area contributed by atoms with Crippen molar-refractivity contribution in [2.75, 3.05) is 26.2 Å². The van der Waals surface area contributed by atoms with Crippen LogP contribution in [0.2, 0.25) is 5.02 Å². The predicted molar refractivity (Wildman–Crippen MR) is 83.0 cm³/mol. The molecule has 0 bridgehead atoms. The number of carbonyl (C=O) groups excluding carboxylic acids is 1. The maximum absolute atomic E-state index is 12.2. The molecule has 1 aliphatic heterocycles. The summed E-state index contributed by atoms with van der Waals surface area (Å²) in [4.78, 5) is 14.0. The first-order valence-corrected chi connectivity index (χ1v) is 6.88. The summed E-state index contributed by atoms with van der Waals surface area (Å²) in [7, 11) is 0. The van der Waals surface area contributed by atoms with Gasteiger partial charge >= 0.3 is 0 Å². The first kappa shape index (κ1) is 17.1. The fraction of sp³-hybridized carbons (Fsp3) is 0.500. The molecule has 1 atom stereocenters. The molecule has 4 nitrogen and oxygen atoms in total. The number of carbonyl (C=O) groups is 1. The standard InChI is InChI=1S/C14H19ClN2O2.ClH/c1-10-9-12(3-4-13(10)15)19-11(2)14(18)17-7-5-16-6-8-17;/h3-4,9,11,16H,5-8H2,1-2H3;1H. The van der Waals surface area contributed by atoms with Crippen LogP contribution in [0.1, 0.15) is 12.5 Å². The number of halogens is 2. The number of ether oxygens (including phenoxy) is 1. The Hall–Kier alpha value is -0.970. The molecule has 0 saturated carbocycles. The second-order valence-corrected chi connectivity index (χ2v) is 5.15. The van der Waals surface area contributed by atoms with E-state index in [1.165, 1.54) is 0 Å². The van der Waals surface area contributed by atoms with Crippen molar-refractivity contribution >= 4 is 29.9 Å². The molecule has 20 heavy (non-hydrogen) atoms. The zero-order valence-electron chi connectivity index (χ0n) is 11.7. The van der Waals surface area contributed by atoms with Gasteiger partial charge in [0.1, 0.15) is 5.75 Å². The highest BCUT2D eigenvalue weighted by atomic mass is 35.5. The monoisotopic (exact) mass is 318 g/mol. The number of aryl methyl sites for hydroxylation is 1. The lowest BCUT2D eigenvalue weighted by Gasteiger charge is -2.29. The normalized spacial score (nSPS) is 16.2. The second-order valence-electron chi connectivity index (χ2n) is 4.75. The number of piperazine rings is 1. The zero-order chi connectivity index (χ0) is 13.8. The van der Waals surface area contributed by atoms with Crippen LogP contribution in [0.4, 0.5) is 0 Å². The van der Waals surface area contributed by atoms with Gasteiger partial charge in [0.15, 0.2) is 6.10 Å². The molecule has 6 heteroatoms. The quantitative estimate of drug-likeness (QED) is 0.929. The van der Waals surface area contributed by atoms with E-state index in [1.54, 1.807) is 19.1 Å². The zero-order valence-corrected chi connectivity index (χ0v) is 13.3. The minimum Gasteiger partial charge on any atom is -0.481 e. The van der Waals surface area contributed by atoms with E-state index in [2.05, 4.69) is 5.32 Å². The van der Waals surface area contributed by atoms with Gasteiger partial charge in [0.2, 0.25) is 0 Å². The SMILES string of the molecule is Cc1cc(OC(C)C(=O)N2CCNCC2)ccc1Cl.Cl. The van der Waals surface area contributed by atoms with Crippen LogP contribution in [-0.4, -0.2) is 43.1 Å². The average molecular weight is 319 g/mol. The Balaban J connectivity index is 0.00000200. The lowest BCUT2D eigenvalue weighted by atomic mass is 10.2. The largest absolute Gasteiger partial charge is 0.481 e. The molecular weight excluding hydrogens is 299 g/mol. The third-order valence-corrected chi connectivity index (χ3v) is 3.64. The van der Waals surface area contributed by atoms with Gasteiger partial charge in [-0.15, -0.1) is 12.4 Å². The summed E-state index contributed by atoms with van der Waals surface area (Å²) in [6.45, 7) is 6.88. The van der Waals surface area contributed by atoms with Gasteiger partial charge in [-0.25, -0.2) is 0 Å². The first-order chi connectivity index (χ1) is 9.08. The maximum atomic E-state index is 12.2. The van der Waals surface area contributed by atoms with Crippen molar-refractivity contribution in [2.24, 2.45) is 0 Å². The van der Waals surface area contributed by atoms with E-state index >= 15 is 0 Å². The minimum absolute atomic E-state index is 0. The number of rotatable bonds is 3. The van der Waals surface area contributed by atoms with Crippen LogP contribution in [0.25, 0.3) is 0 Å². The topological polar surface area (TPSA) is 41.6 Å². The smallest absolute Gasteiger partial charge is 0.263 e. The van der Waals surface area contributed by atoms with Crippen molar-refractivity contribution in [1.29, 1.82) is 0 Å². The molecule has 0 aromatic heterocycles. The lowest BCUT2D eigenvalue weighted by Crippen LogP contribution is -2.50. The molecule has 112 valence electrons. The molecule has 1 fully saturated rings. The Labute approximate surface area is 130 Å². The molecule has 1 aromatic carbocycles. The van der Waals surface area contributed by atoms with Gasteiger partial charge in [-0.1, -0.05) is 11.6 Å². The number of amides is 1. The fourth-order valence-electron chi connectivity index (χ4n) is 2.09. The van der Waals surface area contributed by atoms with Crippen LogP contribution in [0.15, 0.2) is 18.2 Å². The number of hydrogen-bond donors (Lipinski definition) is 1. The number of hydrogen-bond acceptors (Lipinski definition) is 3. The van der Waals surface area contributed by atoms with Gasteiger partial charge < -0.3 is 15.0 Å². The molecule has 2 rings (SSSR count). The summed E-state index contributed by atoms with van der Waals surface area (Å²) in [5.74, 6) is 0.715. The Morgan fingerprint density at radius 1 is 1.40 bits per heavy atom. The molecular formula is C14H20Cl2N2O2. The van der Waals surface area contributed by atoms with Crippen LogP contribution in [0.5, 0.6) is 5.75 Å². The van der Waals surface area contributed by atoms with Crippen molar-refractivity contribution < 1.29 is 9.53 Å². The first-order valence-electron chi connectivity index (χ1n) is 6.50. The highest BCUT2D eigenvalue weighted by molar-refractivity contribution is 6.31. The third kappa shape index (κ3) is 4.27. The Morgan fingerprint density at radius 2 is 2.05 bits per heavy atom. The highest BCUT2D eigenvalue weighted by Gasteiger charge is 2.23. The van der Waals surface area contributed by atoms with E-state index in [4.69, 9.17) is 16.3 Å². The van der Waals surface area contributed by atoms with Crippen molar-refractivity contribution in [3.63, 3.8) is 0 Å². The molecule has 1 aliphatic rings. The Bertz CT molecular complexity index is 462. The Morgan fingerprint density at radius 3 is 2.65 bits per heavy atom. The van der Waals surface area contributed by atoms with Crippen LogP contribution in [-0.2, 0) is 4.79 Å². The minimum atomic E-state index is -0.473. The number of benzene rings is 1. The van der Waals surface area contributed by atoms with Gasteiger partial charge in [-0.05, 0) is 37.6 Å². The molecule has 1 saturated heterocycles. The van der Waals surface area contributed by atoms with Crippen molar-refractivity contribution in [2.45, 2.75) is 20.0 Å². The fourth-order valence-corrected chi connectivity index (χ4v) is 2.20. The summed E-state index contributed by atoms with van der Waals surface area (Å²) < 4.78 is 5.69. The molecule has 0 aliphatic carbocycles. The van der Waals surface area contributed by atoms with Gasteiger partial charge in [0.05, 0.1) is 0 Å². The summed E-state index contributed by atoms with van der Waals surface area (Å²) in [5, 5.41) is 3.92. The van der Waals surface area contributed by atoms with E-state index in [0.29, 0.717) is 10.8 Å². The summed E-state index contributed by atoms with van der Waals surface area (Å²) in [6, 6.07) is 5.43. The van der Waals surface area contributed by atoms with Crippen molar-refractivity contribution in [3.05, 3.63) is 28.8 Å². The molecule has 1 amide bonds. The lowest BCUT2D eigenvalue weighted by molar-refractivity contribution is -0.138. The summed E-state index contributed by atoms with van der Waals surface area (Å²) in [6.07, 6.45) is -0.473. The van der Waals surface area contributed by atoms with Crippen molar-refractivity contribution in [3.8, 4) is 5.75 Å². The molecule has 1 unspecified atom stereocenters. The third-order valence-electron chi connectivity index (χ3n) is 3.22. The Kier molecular flexibility index (Phi) is 6.59. The summed E-state index contributed by atoms with van der Waals surface area (Å²) >= 11 is 5.96. The van der Waals surface area contributed by atoms with Crippen molar-refractivity contribution in [1.82, 2.24) is 10.2 Å². The van der Waals surface area contributed by atoms with Crippen LogP contribution in [0.3, 0.4) is 0 Å². The van der Waals surface area contributed by atoms with Crippen LogP contribution >= 0.6 is 24.0 Å². The van der Waals surface area contributed by atoms with E-state index in [0.717, 1.165) is 31.7 Å². The molecule has 1 aromatic rings. The molecule has 1 N–H and O–H groups in total. The van der Waals surface area contributed by atoms with E-state index < -0.39 is 6.10 Å². The van der Waals surface area contributed by atoms with Gasteiger partial charge in [0, 0.05) is 31.2 Å². The van der Waals surface area contributed by atoms with E-state index in [9.17, 15) is 4.79 Å². The maximum Gasteiger partial charge on any atom is 0.263 e. The number of nitrogens with one attached hydrogen (secondary N) is 1. The van der Waals surface area contributed by atoms with Crippen LogP contribution < -0.4 is 10.1 Å². The van der Waals surface area contributed by atoms with E-state index in [-0.39, 0.29) is 18.3 Å². The van der Waals surface area contributed by atoms with Crippen LogP contribution in [0, 0.1) is 6.92 Å². The van der Waals surface area contributed by atoms with Gasteiger partial charge in [-0.3, -0.25) is 4.79 Å². The van der Waals surface area contributed by atoms with E-state index in [1.807, 2.05) is 17.9 Å². The highest BCUT2D eigenvalue weighted by Crippen LogP contribution is 2.22. The van der Waals surface area contributed by atoms with Gasteiger partial charge in [0.25, 0.3) is 5.91 Å². The number of nitrogens with zero attached hydrogens (tertiary/aromatic N) is 1. The second kappa shape index (κ2) is 7.72. The molecule has 0 spiro atoms. The molecule has 0 radical (unpaired) electrons. The molecule has 1 heterocycles. The van der Waals surface area contributed by atoms with Gasteiger partial charge in [-0.2, -0.15) is 0 Å². The average Bonchev–Trinajstić information content (AvgIpc) is 2.43.